The van der Waals surface area contributed by atoms with Crippen molar-refractivity contribution in [2.24, 2.45) is 0 Å². The predicted octanol–water partition coefficient (Wildman–Crippen LogP) is 0.208. The third kappa shape index (κ3) is 2.51. The van der Waals surface area contributed by atoms with E-state index in [1.165, 1.54) is 0 Å². The molecule has 0 saturated carbocycles. The molecule has 0 aliphatic carbocycles. The van der Waals surface area contributed by atoms with Gasteiger partial charge in [0.1, 0.15) is 6.04 Å². The number of nitrogens with one attached hydrogen (secondary N) is 1. The molecule has 2 atom stereocenters. The predicted molar refractivity (Wildman–Crippen MR) is 69.1 cm³/mol. The van der Waals surface area contributed by atoms with Gasteiger partial charge in [0.25, 0.3) is 0 Å². The third-order valence-electron chi connectivity index (χ3n) is 4.06. The molecule has 0 bridgehead atoms. The molecule has 2 saturated heterocycles. The van der Waals surface area contributed by atoms with Gasteiger partial charge in [0, 0.05) is 19.6 Å². The van der Waals surface area contributed by atoms with Gasteiger partial charge < -0.3 is 15.1 Å². The molecule has 5 nitrogen and oxygen atoms in total. The van der Waals surface area contributed by atoms with Gasteiger partial charge in [-0.25, -0.2) is 0 Å². The summed E-state index contributed by atoms with van der Waals surface area (Å²) in [4.78, 5) is 28.1. The van der Waals surface area contributed by atoms with E-state index < -0.39 is 0 Å². The summed E-state index contributed by atoms with van der Waals surface area (Å²) in [7, 11) is 1.80. The average molecular weight is 253 g/mol. The number of amides is 2. The van der Waals surface area contributed by atoms with Crippen LogP contribution >= 0.6 is 0 Å². The fourth-order valence-electron chi connectivity index (χ4n) is 2.89. The minimum atomic E-state index is -0.313. The summed E-state index contributed by atoms with van der Waals surface area (Å²) in [6.45, 7) is 4.26. The van der Waals surface area contributed by atoms with E-state index in [2.05, 4.69) is 5.32 Å². The number of nitrogens with zero attached hydrogens (tertiary/aromatic N) is 2. The van der Waals surface area contributed by atoms with Crippen LogP contribution in [0.1, 0.15) is 32.6 Å². The normalized spacial score (nSPS) is 26.6. The van der Waals surface area contributed by atoms with Gasteiger partial charge in [-0.15, -0.1) is 0 Å². The van der Waals surface area contributed by atoms with Crippen LogP contribution in [0.4, 0.5) is 0 Å². The molecule has 2 heterocycles. The number of carbonyl (C=O) groups is 2. The van der Waals surface area contributed by atoms with Crippen LogP contribution in [0.3, 0.4) is 0 Å². The summed E-state index contributed by atoms with van der Waals surface area (Å²) in [5, 5.41) is 3.03. The minimum Gasteiger partial charge on any atom is -0.341 e. The second-order valence-corrected chi connectivity index (χ2v) is 5.22. The third-order valence-corrected chi connectivity index (χ3v) is 4.06. The fraction of sp³-hybridized carbons (Fsp3) is 0.846. The number of piperidine rings is 1. The Morgan fingerprint density at radius 2 is 1.94 bits per heavy atom. The molecule has 2 aliphatic heterocycles. The molecule has 0 radical (unpaired) electrons. The smallest absolute Gasteiger partial charge is 0.245 e. The topological polar surface area (TPSA) is 52.7 Å². The second-order valence-electron chi connectivity index (χ2n) is 5.22. The molecule has 2 rings (SSSR count). The first kappa shape index (κ1) is 13.3. The molecule has 0 aromatic carbocycles. The Morgan fingerprint density at radius 3 is 2.56 bits per heavy atom. The molecule has 2 amide bonds. The van der Waals surface area contributed by atoms with Gasteiger partial charge in [0.15, 0.2) is 0 Å². The lowest BCUT2D eigenvalue weighted by molar-refractivity contribution is -0.147. The van der Waals surface area contributed by atoms with Crippen molar-refractivity contribution >= 4 is 11.8 Å². The Hall–Kier alpha value is -1.10. The van der Waals surface area contributed by atoms with E-state index in [0.717, 1.165) is 38.8 Å². The van der Waals surface area contributed by atoms with Crippen LogP contribution < -0.4 is 5.32 Å². The lowest BCUT2D eigenvalue weighted by atomic mass is 10.0. The van der Waals surface area contributed by atoms with Crippen molar-refractivity contribution in [3.63, 3.8) is 0 Å². The summed E-state index contributed by atoms with van der Waals surface area (Å²) >= 11 is 0. The van der Waals surface area contributed by atoms with Gasteiger partial charge in [-0.2, -0.15) is 0 Å². The molecule has 2 aliphatic rings. The number of rotatable bonds is 3. The molecular weight excluding hydrogens is 230 g/mol. The summed E-state index contributed by atoms with van der Waals surface area (Å²) in [5.41, 5.74) is 0. The van der Waals surface area contributed by atoms with Crippen molar-refractivity contribution in [3.05, 3.63) is 0 Å². The van der Waals surface area contributed by atoms with E-state index in [9.17, 15) is 9.59 Å². The van der Waals surface area contributed by atoms with Crippen LogP contribution in [0.5, 0.6) is 0 Å². The maximum Gasteiger partial charge on any atom is 0.245 e. The SMILES string of the molecule is CNC1CCCN(C(C)C(=O)N2CCCC2)C1=O. The van der Waals surface area contributed by atoms with Crippen molar-refractivity contribution in [2.45, 2.75) is 44.7 Å². The molecule has 102 valence electrons. The van der Waals surface area contributed by atoms with E-state index >= 15 is 0 Å². The van der Waals surface area contributed by atoms with Crippen LogP contribution in [0.2, 0.25) is 0 Å². The highest BCUT2D eigenvalue weighted by molar-refractivity contribution is 5.90. The summed E-state index contributed by atoms with van der Waals surface area (Å²) in [5.74, 6) is 0.182. The largest absolute Gasteiger partial charge is 0.341 e. The standard InChI is InChI=1S/C13H23N3O2/c1-10(12(17)15-7-3-4-8-15)16-9-5-6-11(14-2)13(16)18/h10-11,14H,3-9H2,1-2H3. The molecule has 18 heavy (non-hydrogen) atoms. The minimum absolute atomic E-state index is 0.0730. The van der Waals surface area contributed by atoms with Crippen LogP contribution in [-0.2, 0) is 9.59 Å². The lowest BCUT2D eigenvalue weighted by Gasteiger charge is -2.37. The Bertz CT molecular complexity index is 326. The molecule has 5 heteroatoms. The number of hydrogen-bond acceptors (Lipinski definition) is 3. The highest BCUT2D eigenvalue weighted by atomic mass is 16.2. The summed E-state index contributed by atoms with van der Waals surface area (Å²) < 4.78 is 0. The Balaban J connectivity index is 2.00. The molecule has 0 aromatic heterocycles. The van der Waals surface area contributed by atoms with Crippen molar-refractivity contribution < 1.29 is 9.59 Å². The van der Waals surface area contributed by atoms with E-state index in [4.69, 9.17) is 0 Å². The number of carbonyl (C=O) groups excluding carboxylic acids is 2. The summed E-state index contributed by atoms with van der Waals surface area (Å²) in [6.07, 6.45) is 4.02. The zero-order valence-corrected chi connectivity index (χ0v) is 11.3. The molecule has 2 fully saturated rings. The zero-order chi connectivity index (χ0) is 13.1. The highest BCUT2D eigenvalue weighted by Crippen LogP contribution is 2.17. The van der Waals surface area contributed by atoms with Crippen molar-refractivity contribution in [1.29, 1.82) is 0 Å². The van der Waals surface area contributed by atoms with Crippen LogP contribution in [0.15, 0.2) is 0 Å². The summed E-state index contributed by atoms with van der Waals surface area (Å²) in [6, 6.07) is -0.431. The Labute approximate surface area is 108 Å². The monoisotopic (exact) mass is 253 g/mol. The van der Waals surface area contributed by atoms with Gasteiger partial charge in [-0.05, 0) is 39.7 Å². The van der Waals surface area contributed by atoms with E-state index in [0.29, 0.717) is 6.54 Å². The van der Waals surface area contributed by atoms with E-state index in [1.54, 1.807) is 11.9 Å². The first-order valence-electron chi connectivity index (χ1n) is 6.91. The maximum absolute atomic E-state index is 12.3. The molecule has 2 unspecified atom stereocenters. The quantitative estimate of drug-likeness (QED) is 0.782. The molecule has 1 N–H and O–H groups in total. The number of likely N-dealkylation sites (N-methyl/N-ethyl adjacent to an activating group) is 1. The maximum atomic E-state index is 12.3. The van der Waals surface area contributed by atoms with Crippen LogP contribution in [0.25, 0.3) is 0 Å². The zero-order valence-electron chi connectivity index (χ0n) is 11.3. The highest BCUT2D eigenvalue weighted by Gasteiger charge is 2.35. The first-order valence-corrected chi connectivity index (χ1v) is 6.91. The number of likely N-dealkylation sites (tertiary alicyclic amines) is 2. The van der Waals surface area contributed by atoms with E-state index in [-0.39, 0.29) is 23.9 Å². The lowest BCUT2D eigenvalue weighted by Crippen LogP contribution is -2.56. The number of hydrogen-bond donors (Lipinski definition) is 1. The Kier molecular flexibility index (Phi) is 4.22. The average Bonchev–Trinajstić information content (AvgIpc) is 2.91. The van der Waals surface area contributed by atoms with Gasteiger partial charge in [-0.1, -0.05) is 0 Å². The second kappa shape index (κ2) is 5.69. The van der Waals surface area contributed by atoms with Crippen LogP contribution in [0, 0.1) is 0 Å². The van der Waals surface area contributed by atoms with Crippen molar-refractivity contribution in [2.75, 3.05) is 26.7 Å². The van der Waals surface area contributed by atoms with Gasteiger partial charge in [-0.3, -0.25) is 9.59 Å². The fourth-order valence-corrected chi connectivity index (χ4v) is 2.89. The Morgan fingerprint density at radius 1 is 1.28 bits per heavy atom. The van der Waals surface area contributed by atoms with Gasteiger partial charge in [0.2, 0.25) is 11.8 Å². The van der Waals surface area contributed by atoms with Gasteiger partial charge in [0.05, 0.1) is 6.04 Å². The van der Waals surface area contributed by atoms with Gasteiger partial charge >= 0.3 is 0 Å². The molecule has 0 spiro atoms. The molecular formula is C13H23N3O2. The molecule has 0 aromatic rings. The first-order chi connectivity index (χ1) is 8.65. The van der Waals surface area contributed by atoms with Crippen molar-refractivity contribution in [1.82, 2.24) is 15.1 Å². The van der Waals surface area contributed by atoms with E-state index in [1.807, 2.05) is 11.8 Å². The van der Waals surface area contributed by atoms with Crippen molar-refractivity contribution in [3.8, 4) is 0 Å². The van der Waals surface area contributed by atoms with Crippen LogP contribution in [-0.4, -0.2) is 60.4 Å².